The predicted molar refractivity (Wildman–Crippen MR) is 90.9 cm³/mol. The molecule has 3 heteroatoms. The molecular weight excluding hydrogens is 278 g/mol. The highest BCUT2D eigenvalue weighted by molar-refractivity contribution is 7.84. The fourth-order valence-electron chi connectivity index (χ4n) is 2.39. The predicted octanol–water partition coefficient (Wildman–Crippen LogP) is 3.33. The van der Waals surface area contributed by atoms with Crippen molar-refractivity contribution < 1.29 is 4.21 Å². The van der Waals surface area contributed by atoms with Crippen LogP contribution in [0.4, 0.5) is 0 Å². The van der Waals surface area contributed by atoms with E-state index in [2.05, 4.69) is 53.8 Å². The van der Waals surface area contributed by atoms with Gasteiger partial charge < -0.3 is 5.32 Å². The van der Waals surface area contributed by atoms with Crippen LogP contribution >= 0.6 is 0 Å². The van der Waals surface area contributed by atoms with E-state index in [-0.39, 0.29) is 0 Å². The molecule has 2 unspecified atom stereocenters. The highest BCUT2D eigenvalue weighted by Gasteiger charge is 2.11. The fourth-order valence-corrected chi connectivity index (χ4v) is 2.95. The van der Waals surface area contributed by atoms with Crippen LogP contribution in [0.5, 0.6) is 0 Å². The van der Waals surface area contributed by atoms with Gasteiger partial charge in [0.25, 0.3) is 0 Å². The SMILES string of the molecule is CS(=O)CCCNC(Cc1ccccc1)c1ccccc1. The minimum atomic E-state index is -0.703. The smallest absolute Gasteiger partial charge is 0.0360 e. The molecular formula is C18H23NOS. The van der Waals surface area contributed by atoms with Crippen molar-refractivity contribution in [1.82, 2.24) is 5.32 Å². The zero-order valence-corrected chi connectivity index (χ0v) is 13.3. The first-order chi connectivity index (χ1) is 10.3. The summed E-state index contributed by atoms with van der Waals surface area (Å²) >= 11 is 0. The van der Waals surface area contributed by atoms with Gasteiger partial charge in [-0.3, -0.25) is 4.21 Å². The molecule has 0 aliphatic carbocycles. The molecule has 0 heterocycles. The second-order valence-corrected chi connectivity index (χ2v) is 6.79. The summed E-state index contributed by atoms with van der Waals surface area (Å²) in [7, 11) is -0.703. The van der Waals surface area contributed by atoms with Crippen LogP contribution in [-0.4, -0.2) is 22.8 Å². The Hall–Kier alpha value is -1.45. The summed E-state index contributed by atoms with van der Waals surface area (Å²) in [6.07, 6.45) is 3.68. The van der Waals surface area contributed by atoms with Crippen LogP contribution in [0.2, 0.25) is 0 Å². The van der Waals surface area contributed by atoms with E-state index in [1.165, 1.54) is 11.1 Å². The molecule has 21 heavy (non-hydrogen) atoms. The van der Waals surface area contributed by atoms with E-state index in [0.717, 1.165) is 25.1 Å². The van der Waals surface area contributed by atoms with E-state index in [1.807, 2.05) is 12.1 Å². The molecule has 2 atom stereocenters. The van der Waals surface area contributed by atoms with Gasteiger partial charge in [0.05, 0.1) is 0 Å². The Balaban J connectivity index is 1.99. The van der Waals surface area contributed by atoms with Crippen molar-refractivity contribution in [2.75, 3.05) is 18.6 Å². The van der Waals surface area contributed by atoms with Crippen molar-refractivity contribution >= 4 is 10.8 Å². The maximum atomic E-state index is 11.1. The molecule has 112 valence electrons. The summed E-state index contributed by atoms with van der Waals surface area (Å²) in [5, 5.41) is 3.61. The van der Waals surface area contributed by atoms with Crippen LogP contribution in [0.15, 0.2) is 60.7 Å². The lowest BCUT2D eigenvalue weighted by atomic mass is 9.99. The van der Waals surface area contributed by atoms with Gasteiger partial charge in [0.2, 0.25) is 0 Å². The van der Waals surface area contributed by atoms with Crippen LogP contribution in [0.25, 0.3) is 0 Å². The molecule has 1 N–H and O–H groups in total. The van der Waals surface area contributed by atoms with Gasteiger partial charge in [-0.2, -0.15) is 0 Å². The van der Waals surface area contributed by atoms with Gasteiger partial charge in [0.1, 0.15) is 0 Å². The van der Waals surface area contributed by atoms with Gasteiger partial charge in [-0.25, -0.2) is 0 Å². The van der Waals surface area contributed by atoms with Crippen molar-refractivity contribution in [3.63, 3.8) is 0 Å². The zero-order valence-electron chi connectivity index (χ0n) is 12.5. The average Bonchev–Trinajstić information content (AvgIpc) is 2.52. The molecule has 0 fully saturated rings. The summed E-state index contributed by atoms with van der Waals surface area (Å²) in [6, 6.07) is 21.4. The molecule has 0 spiro atoms. The third-order valence-electron chi connectivity index (χ3n) is 3.48. The van der Waals surface area contributed by atoms with Gasteiger partial charge in [-0.05, 0) is 30.5 Å². The van der Waals surface area contributed by atoms with Gasteiger partial charge in [0.15, 0.2) is 0 Å². The summed E-state index contributed by atoms with van der Waals surface area (Å²) < 4.78 is 11.1. The van der Waals surface area contributed by atoms with Crippen LogP contribution in [0, 0.1) is 0 Å². The first-order valence-electron chi connectivity index (χ1n) is 7.38. The van der Waals surface area contributed by atoms with Crippen LogP contribution in [0.3, 0.4) is 0 Å². The van der Waals surface area contributed by atoms with E-state index in [4.69, 9.17) is 0 Å². The summed E-state index contributed by atoms with van der Waals surface area (Å²) in [4.78, 5) is 0. The Morgan fingerprint density at radius 1 is 1.00 bits per heavy atom. The van der Waals surface area contributed by atoms with E-state index in [9.17, 15) is 4.21 Å². The molecule has 0 bridgehead atoms. The highest BCUT2D eigenvalue weighted by Crippen LogP contribution is 2.18. The summed E-state index contributed by atoms with van der Waals surface area (Å²) in [5.41, 5.74) is 2.64. The molecule has 2 nitrogen and oxygen atoms in total. The maximum Gasteiger partial charge on any atom is 0.0360 e. The van der Waals surface area contributed by atoms with Crippen molar-refractivity contribution in [3.05, 3.63) is 71.8 Å². The third kappa shape index (κ3) is 5.82. The van der Waals surface area contributed by atoms with Crippen molar-refractivity contribution in [2.45, 2.75) is 18.9 Å². The summed E-state index contributed by atoms with van der Waals surface area (Å²) in [6.45, 7) is 0.895. The lowest BCUT2D eigenvalue weighted by Crippen LogP contribution is -2.25. The molecule has 0 saturated heterocycles. The Morgan fingerprint density at radius 3 is 2.24 bits per heavy atom. The molecule has 0 radical (unpaired) electrons. The van der Waals surface area contributed by atoms with Crippen molar-refractivity contribution in [2.24, 2.45) is 0 Å². The quantitative estimate of drug-likeness (QED) is 0.758. The lowest BCUT2D eigenvalue weighted by Gasteiger charge is -2.19. The van der Waals surface area contributed by atoms with Crippen molar-refractivity contribution in [3.8, 4) is 0 Å². The normalized spacial score (nSPS) is 13.8. The topological polar surface area (TPSA) is 29.1 Å². The van der Waals surface area contributed by atoms with E-state index < -0.39 is 10.8 Å². The summed E-state index contributed by atoms with van der Waals surface area (Å²) in [5.74, 6) is 0.764. The number of hydrogen-bond acceptors (Lipinski definition) is 2. The van der Waals surface area contributed by atoms with Gasteiger partial charge in [-0.1, -0.05) is 60.7 Å². The van der Waals surface area contributed by atoms with Gasteiger partial charge >= 0.3 is 0 Å². The van der Waals surface area contributed by atoms with Crippen LogP contribution in [-0.2, 0) is 17.2 Å². The Labute approximate surface area is 130 Å². The zero-order chi connectivity index (χ0) is 14.9. The van der Waals surface area contributed by atoms with Gasteiger partial charge in [-0.15, -0.1) is 0 Å². The third-order valence-corrected chi connectivity index (χ3v) is 4.35. The lowest BCUT2D eigenvalue weighted by molar-refractivity contribution is 0.529. The maximum absolute atomic E-state index is 11.1. The Morgan fingerprint density at radius 2 is 1.62 bits per heavy atom. The van der Waals surface area contributed by atoms with E-state index in [1.54, 1.807) is 6.26 Å². The number of nitrogens with one attached hydrogen (secondary N) is 1. The monoisotopic (exact) mass is 301 g/mol. The Bertz CT molecular complexity index is 542. The van der Waals surface area contributed by atoms with Gasteiger partial charge in [0, 0.05) is 28.9 Å². The first kappa shape index (κ1) is 15.9. The largest absolute Gasteiger partial charge is 0.310 e. The first-order valence-corrected chi connectivity index (χ1v) is 9.10. The number of hydrogen-bond donors (Lipinski definition) is 1. The minimum absolute atomic E-state index is 0.305. The standard InChI is InChI=1S/C18H23NOS/c1-21(20)14-8-13-19-18(17-11-6-3-7-12-17)15-16-9-4-2-5-10-16/h2-7,9-12,18-19H,8,13-15H2,1H3. The molecule has 0 aliphatic rings. The van der Waals surface area contributed by atoms with Crippen molar-refractivity contribution in [1.29, 1.82) is 0 Å². The second kappa shape index (κ2) is 8.75. The molecule has 0 aliphatic heterocycles. The Kier molecular flexibility index (Phi) is 6.64. The molecule has 2 aromatic carbocycles. The molecule has 0 aromatic heterocycles. The molecule has 2 aromatic rings. The fraction of sp³-hybridized carbons (Fsp3) is 0.333. The van der Waals surface area contributed by atoms with Crippen LogP contribution < -0.4 is 5.32 Å². The number of benzene rings is 2. The van der Waals surface area contributed by atoms with Crippen LogP contribution in [0.1, 0.15) is 23.6 Å². The second-order valence-electron chi connectivity index (χ2n) is 5.24. The average molecular weight is 301 g/mol. The minimum Gasteiger partial charge on any atom is -0.310 e. The molecule has 0 amide bonds. The number of rotatable bonds is 8. The highest BCUT2D eigenvalue weighted by atomic mass is 32.2. The molecule has 2 rings (SSSR count). The molecule has 0 saturated carbocycles. The van der Waals surface area contributed by atoms with E-state index in [0.29, 0.717) is 6.04 Å². The van der Waals surface area contributed by atoms with E-state index >= 15 is 0 Å².